The molecule has 0 saturated carbocycles. The smallest absolute Gasteiger partial charge is 0.242 e. The number of hydrogen-bond acceptors (Lipinski definition) is 3. The Balaban J connectivity index is 2.03. The van der Waals surface area contributed by atoms with Gasteiger partial charge in [-0.1, -0.05) is 39.7 Å². The molecule has 2 aromatic rings. The lowest BCUT2D eigenvalue weighted by molar-refractivity contribution is -0.140. The van der Waals surface area contributed by atoms with E-state index >= 15 is 0 Å². The van der Waals surface area contributed by atoms with Gasteiger partial charge in [-0.25, -0.2) is 0 Å². The molecule has 28 heavy (non-hydrogen) atoms. The van der Waals surface area contributed by atoms with Crippen LogP contribution in [0.25, 0.3) is 0 Å². The van der Waals surface area contributed by atoms with E-state index in [-0.39, 0.29) is 11.8 Å². The molecule has 0 aliphatic carbocycles. The van der Waals surface area contributed by atoms with Gasteiger partial charge in [0.15, 0.2) is 0 Å². The van der Waals surface area contributed by atoms with Crippen molar-refractivity contribution in [1.82, 2.24) is 10.2 Å². The predicted molar refractivity (Wildman–Crippen MR) is 120 cm³/mol. The van der Waals surface area contributed by atoms with Gasteiger partial charge >= 0.3 is 0 Å². The lowest BCUT2D eigenvalue weighted by Crippen LogP contribution is -2.47. The van der Waals surface area contributed by atoms with E-state index in [4.69, 9.17) is 11.6 Å². The molecule has 0 aliphatic rings. The van der Waals surface area contributed by atoms with Crippen molar-refractivity contribution in [2.24, 2.45) is 0 Å². The van der Waals surface area contributed by atoms with Crippen molar-refractivity contribution in [3.05, 3.63) is 63.6 Å². The molecule has 4 nitrogen and oxygen atoms in total. The summed E-state index contributed by atoms with van der Waals surface area (Å²) >= 11 is 10.9. The number of hydrogen-bond donors (Lipinski definition) is 1. The van der Waals surface area contributed by atoms with E-state index in [0.29, 0.717) is 30.3 Å². The summed E-state index contributed by atoms with van der Waals surface area (Å²) in [4.78, 5) is 28.0. The van der Waals surface area contributed by atoms with Gasteiger partial charge in [0, 0.05) is 39.7 Å². The van der Waals surface area contributed by atoms with Crippen molar-refractivity contribution in [1.29, 1.82) is 0 Å². The standard InChI is InChI=1S/C21H24BrClN2O2S/c1-3-24-21(27)15(2)25(14-16-4-6-17(22)7-5-16)20(26)12-13-28-19-10-8-18(23)9-11-19/h4-11,15H,3,12-14H2,1-2H3,(H,24,27)/t15-/m0/s1. The molecule has 150 valence electrons. The van der Waals surface area contributed by atoms with Crippen molar-refractivity contribution < 1.29 is 9.59 Å². The highest BCUT2D eigenvalue weighted by atomic mass is 79.9. The van der Waals surface area contributed by atoms with E-state index in [1.165, 1.54) is 0 Å². The number of likely N-dealkylation sites (N-methyl/N-ethyl adjacent to an activating group) is 1. The first-order valence-electron chi connectivity index (χ1n) is 9.10. The highest BCUT2D eigenvalue weighted by Gasteiger charge is 2.25. The number of halogens is 2. The van der Waals surface area contributed by atoms with E-state index in [1.807, 2.05) is 55.5 Å². The minimum absolute atomic E-state index is 0.0388. The SMILES string of the molecule is CCNC(=O)[C@H](C)N(Cc1ccc(Br)cc1)C(=O)CCSc1ccc(Cl)cc1. The zero-order chi connectivity index (χ0) is 20.5. The van der Waals surface area contributed by atoms with Crippen LogP contribution >= 0.6 is 39.3 Å². The van der Waals surface area contributed by atoms with Crippen LogP contribution in [0, 0.1) is 0 Å². The Kier molecular flexibility index (Phi) is 9.35. The van der Waals surface area contributed by atoms with Crippen molar-refractivity contribution in [3.63, 3.8) is 0 Å². The van der Waals surface area contributed by atoms with Gasteiger partial charge < -0.3 is 10.2 Å². The normalized spacial score (nSPS) is 11.7. The molecule has 0 heterocycles. The molecule has 2 aromatic carbocycles. The zero-order valence-corrected chi connectivity index (χ0v) is 19.1. The summed E-state index contributed by atoms with van der Waals surface area (Å²) in [5.41, 5.74) is 0.984. The van der Waals surface area contributed by atoms with Crippen LogP contribution in [0.15, 0.2) is 57.9 Å². The van der Waals surface area contributed by atoms with Gasteiger partial charge in [-0.2, -0.15) is 0 Å². The zero-order valence-electron chi connectivity index (χ0n) is 16.0. The van der Waals surface area contributed by atoms with Crippen LogP contribution in [0.5, 0.6) is 0 Å². The highest BCUT2D eigenvalue weighted by Crippen LogP contribution is 2.22. The van der Waals surface area contributed by atoms with E-state index in [0.717, 1.165) is 14.9 Å². The Labute approximate surface area is 184 Å². The minimum Gasteiger partial charge on any atom is -0.355 e. The van der Waals surface area contributed by atoms with E-state index in [1.54, 1.807) is 23.6 Å². The van der Waals surface area contributed by atoms with Crippen molar-refractivity contribution >= 4 is 51.1 Å². The third-order valence-electron chi connectivity index (χ3n) is 4.18. The van der Waals surface area contributed by atoms with Crippen molar-refractivity contribution in [3.8, 4) is 0 Å². The quantitative estimate of drug-likeness (QED) is 0.503. The number of carbonyl (C=O) groups is 2. The number of nitrogens with zero attached hydrogens (tertiary/aromatic N) is 1. The highest BCUT2D eigenvalue weighted by molar-refractivity contribution is 9.10. The first-order chi connectivity index (χ1) is 13.4. The first-order valence-corrected chi connectivity index (χ1v) is 11.3. The molecule has 0 spiro atoms. The van der Waals surface area contributed by atoms with Crippen LogP contribution in [0.1, 0.15) is 25.8 Å². The molecule has 1 N–H and O–H groups in total. The maximum atomic E-state index is 12.9. The maximum Gasteiger partial charge on any atom is 0.242 e. The van der Waals surface area contributed by atoms with Crippen LogP contribution in [-0.2, 0) is 16.1 Å². The second-order valence-corrected chi connectivity index (χ2v) is 8.79. The molecular formula is C21H24BrClN2O2S. The molecule has 2 rings (SSSR count). The second kappa shape index (κ2) is 11.5. The van der Waals surface area contributed by atoms with Gasteiger partial charge in [0.1, 0.15) is 6.04 Å². The van der Waals surface area contributed by atoms with Crippen LogP contribution in [0.4, 0.5) is 0 Å². The predicted octanol–water partition coefficient (Wildman–Crippen LogP) is 5.14. The molecule has 2 amide bonds. The van der Waals surface area contributed by atoms with E-state index < -0.39 is 6.04 Å². The number of nitrogens with one attached hydrogen (secondary N) is 1. The molecule has 1 atom stereocenters. The van der Waals surface area contributed by atoms with Crippen LogP contribution in [-0.4, -0.2) is 35.1 Å². The molecule has 0 bridgehead atoms. The van der Waals surface area contributed by atoms with E-state index in [2.05, 4.69) is 21.2 Å². The van der Waals surface area contributed by atoms with Gasteiger partial charge in [-0.3, -0.25) is 9.59 Å². The summed E-state index contributed by atoms with van der Waals surface area (Å²) < 4.78 is 0.977. The van der Waals surface area contributed by atoms with E-state index in [9.17, 15) is 9.59 Å². The number of amides is 2. The molecule has 0 radical (unpaired) electrons. The van der Waals surface area contributed by atoms with Gasteiger partial charge in [-0.15, -0.1) is 11.8 Å². The summed E-state index contributed by atoms with van der Waals surface area (Å²) in [6.45, 7) is 4.58. The lowest BCUT2D eigenvalue weighted by atomic mass is 10.1. The molecule has 7 heteroatoms. The number of thioether (sulfide) groups is 1. The molecular weight excluding hydrogens is 460 g/mol. The van der Waals surface area contributed by atoms with Crippen LogP contribution < -0.4 is 5.32 Å². The summed E-state index contributed by atoms with van der Waals surface area (Å²) in [6.07, 6.45) is 0.355. The Hall–Kier alpha value is -1.50. The number of carbonyl (C=O) groups excluding carboxylic acids is 2. The van der Waals surface area contributed by atoms with Crippen molar-refractivity contribution in [2.45, 2.75) is 37.8 Å². The number of benzene rings is 2. The molecule has 0 unspecified atom stereocenters. The molecule has 0 fully saturated rings. The summed E-state index contributed by atoms with van der Waals surface area (Å²) in [5.74, 6) is 0.459. The Morgan fingerprint density at radius 3 is 2.39 bits per heavy atom. The van der Waals surface area contributed by atoms with Crippen molar-refractivity contribution in [2.75, 3.05) is 12.3 Å². The summed E-state index contributed by atoms with van der Waals surface area (Å²) in [7, 11) is 0. The van der Waals surface area contributed by atoms with Gasteiger partial charge in [-0.05, 0) is 55.8 Å². The molecule has 0 aromatic heterocycles. The first kappa shape index (κ1) is 22.8. The molecule has 0 aliphatic heterocycles. The Bertz CT molecular complexity index is 784. The Morgan fingerprint density at radius 1 is 1.14 bits per heavy atom. The van der Waals surface area contributed by atoms with Crippen LogP contribution in [0.3, 0.4) is 0 Å². The summed E-state index contributed by atoms with van der Waals surface area (Å²) in [6, 6.07) is 14.8. The maximum absolute atomic E-state index is 12.9. The topological polar surface area (TPSA) is 49.4 Å². The van der Waals surface area contributed by atoms with Gasteiger partial charge in [0.25, 0.3) is 0 Å². The monoisotopic (exact) mass is 482 g/mol. The third kappa shape index (κ3) is 7.15. The third-order valence-corrected chi connectivity index (χ3v) is 5.98. The molecule has 0 saturated heterocycles. The second-order valence-electron chi connectivity index (χ2n) is 6.27. The fraction of sp³-hybridized carbons (Fsp3) is 0.333. The average molecular weight is 484 g/mol. The Morgan fingerprint density at radius 2 is 1.79 bits per heavy atom. The fourth-order valence-electron chi connectivity index (χ4n) is 2.62. The largest absolute Gasteiger partial charge is 0.355 e. The van der Waals surface area contributed by atoms with Crippen LogP contribution in [0.2, 0.25) is 5.02 Å². The average Bonchev–Trinajstić information content (AvgIpc) is 2.68. The summed E-state index contributed by atoms with van der Waals surface area (Å²) in [5, 5.41) is 3.50. The van der Waals surface area contributed by atoms with Gasteiger partial charge in [0.05, 0.1) is 0 Å². The fourth-order valence-corrected chi connectivity index (χ4v) is 3.85. The van der Waals surface area contributed by atoms with Gasteiger partial charge in [0.2, 0.25) is 11.8 Å². The number of rotatable bonds is 9. The lowest BCUT2D eigenvalue weighted by Gasteiger charge is -2.28. The minimum atomic E-state index is -0.531.